The summed E-state index contributed by atoms with van der Waals surface area (Å²) >= 11 is 0. The third-order valence-corrected chi connectivity index (χ3v) is 4.05. The van der Waals surface area contributed by atoms with E-state index >= 15 is 0 Å². The monoisotopic (exact) mass is 292 g/mol. The molecule has 4 rings (SSSR count). The topological polar surface area (TPSA) is 60.7 Å². The summed E-state index contributed by atoms with van der Waals surface area (Å²) in [5.41, 5.74) is 2.70. The van der Waals surface area contributed by atoms with Crippen molar-refractivity contribution in [2.75, 3.05) is 0 Å². The molecule has 0 radical (unpaired) electrons. The number of rotatable bonds is 4. The summed E-state index contributed by atoms with van der Waals surface area (Å²) in [6, 6.07) is 4.02. The van der Waals surface area contributed by atoms with E-state index in [-0.39, 0.29) is 5.92 Å². The van der Waals surface area contributed by atoms with Gasteiger partial charge in [0.25, 0.3) is 0 Å². The predicted octanol–water partition coefficient (Wildman–Crippen LogP) is 2.55. The van der Waals surface area contributed by atoms with Crippen molar-refractivity contribution in [3.8, 4) is 11.3 Å². The van der Waals surface area contributed by atoms with Crippen molar-refractivity contribution in [3.63, 3.8) is 0 Å². The van der Waals surface area contributed by atoms with Gasteiger partial charge >= 0.3 is 0 Å². The first-order chi connectivity index (χ1) is 10.7. The van der Waals surface area contributed by atoms with Gasteiger partial charge in [-0.3, -0.25) is 19.4 Å². The minimum absolute atomic E-state index is 0.279. The first kappa shape index (κ1) is 13.1. The maximum absolute atomic E-state index is 11.9. The molecule has 3 heterocycles. The fourth-order valence-electron chi connectivity index (χ4n) is 2.62. The summed E-state index contributed by atoms with van der Waals surface area (Å²) in [7, 11) is 1.88. The highest BCUT2D eigenvalue weighted by Crippen LogP contribution is 2.31. The average molecular weight is 292 g/mol. The number of hydrogen-bond acceptors (Lipinski definition) is 4. The predicted molar refractivity (Wildman–Crippen MR) is 83.2 cm³/mol. The Morgan fingerprint density at radius 1 is 1.18 bits per heavy atom. The van der Waals surface area contributed by atoms with Crippen LogP contribution in [0.1, 0.15) is 18.5 Å². The van der Waals surface area contributed by atoms with Gasteiger partial charge in [-0.25, -0.2) is 0 Å². The summed E-state index contributed by atoms with van der Waals surface area (Å²) < 4.78 is 1.76. The molecule has 0 aliphatic heterocycles. The molecule has 0 bridgehead atoms. The summed E-state index contributed by atoms with van der Waals surface area (Å²) in [6.07, 6.45) is 9.87. The number of Topliss-reactive ketones (excluding diaryl/α,β-unsaturated/α-hetero) is 1. The van der Waals surface area contributed by atoms with Gasteiger partial charge in [0.2, 0.25) is 0 Å². The third kappa shape index (κ3) is 2.50. The van der Waals surface area contributed by atoms with Gasteiger partial charge in [0.05, 0.1) is 11.9 Å². The van der Waals surface area contributed by atoms with Crippen LogP contribution in [0.25, 0.3) is 22.0 Å². The number of aryl methyl sites for hydroxylation is 1. The van der Waals surface area contributed by atoms with Crippen LogP contribution in [0.15, 0.2) is 36.9 Å². The Morgan fingerprint density at radius 3 is 2.73 bits per heavy atom. The van der Waals surface area contributed by atoms with Crippen molar-refractivity contribution in [1.29, 1.82) is 0 Å². The first-order valence-corrected chi connectivity index (χ1v) is 7.45. The molecule has 0 saturated heterocycles. The highest BCUT2D eigenvalue weighted by atomic mass is 16.1. The van der Waals surface area contributed by atoms with Gasteiger partial charge < -0.3 is 0 Å². The Hall–Kier alpha value is -2.56. The highest BCUT2D eigenvalue weighted by molar-refractivity contribution is 5.88. The Kier molecular flexibility index (Phi) is 2.99. The van der Waals surface area contributed by atoms with E-state index in [1.54, 1.807) is 17.1 Å². The van der Waals surface area contributed by atoms with E-state index in [1.165, 1.54) is 0 Å². The van der Waals surface area contributed by atoms with Gasteiger partial charge in [0.1, 0.15) is 5.78 Å². The first-order valence-electron chi connectivity index (χ1n) is 7.45. The molecule has 0 N–H and O–H groups in total. The Labute approximate surface area is 128 Å². The molecular formula is C17H16N4O. The molecule has 1 aliphatic rings. The second-order valence-electron chi connectivity index (χ2n) is 5.91. The molecule has 0 unspecified atom stereocenters. The normalized spacial score (nSPS) is 14.4. The molecule has 22 heavy (non-hydrogen) atoms. The maximum Gasteiger partial charge on any atom is 0.141 e. The minimum atomic E-state index is 0.279. The fourth-order valence-corrected chi connectivity index (χ4v) is 2.62. The van der Waals surface area contributed by atoms with Crippen LogP contribution < -0.4 is 0 Å². The number of carbonyl (C=O) groups is 1. The van der Waals surface area contributed by atoms with Crippen LogP contribution >= 0.6 is 0 Å². The second-order valence-corrected chi connectivity index (χ2v) is 5.91. The number of nitrogens with zero attached hydrogens (tertiary/aromatic N) is 4. The van der Waals surface area contributed by atoms with Crippen LogP contribution in [-0.4, -0.2) is 25.5 Å². The van der Waals surface area contributed by atoms with E-state index in [9.17, 15) is 4.79 Å². The summed E-state index contributed by atoms with van der Waals surface area (Å²) in [6.45, 7) is 0. The maximum atomic E-state index is 11.9. The van der Waals surface area contributed by atoms with Crippen molar-refractivity contribution >= 4 is 16.6 Å². The molecule has 0 spiro atoms. The van der Waals surface area contributed by atoms with E-state index < -0.39 is 0 Å². The molecule has 3 aromatic heterocycles. The number of carbonyl (C=O) groups excluding carboxylic acids is 1. The van der Waals surface area contributed by atoms with Gasteiger partial charge in [-0.05, 0) is 30.4 Å². The Balaban J connectivity index is 1.69. The van der Waals surface area contributed by atoms with E-state index in [0.29, 0.717) is 12.2 Å². The lowest BCUT2D eigenvalue weighted by molar-refractivity contribution is -0.119. The molecular weight excluding hydrogens is 276 g/mol. The van der Waals surface area contributed by atoms with Gasteiger partial charge in [-0.1, -0.05) is 0 Å². The van der Waals surface area contributed by atoms with Crippen LogP contribution in [0.5, 0.6) is 0 Å². The number of pyridine rings is 2. The zero-order valence-electron chi connectivity index (χ0n) is 12.4. The smallest absolute Gasteiger partial charge is 0.141 e. The Morgan fingerprint density at radius 2 is 2.00 bits per heavy atom. The lowest BCUT2D eigenvalue weighted by Crippen LogP contribution is -2.06. The van der Waals surface area contributed by atoms with Crippen LogP contribution in [0.4, 0.5) is 0 Å². The van der Waals surface area contributed by atoms with Crippen molar-refractivity contribution in [1.82, 2.24) is 19.7 Å². The number of fused-ring (bicyclic) bond motifs is 1. The van der Waals surface area contributed by atoms with E-state index in [4.69, 9.17) is 0 Å². The lowest BCUT2D eigenvalue weighted by Gasteiger charge is -2.04. The van der Waals surface area contributed by atoms with Crippen LogP contribution in [-0.2, 0) is 18.3 Å². The van der Waals surface area contributed by atoms with Crippen LogP contribution in [0.3, 0.4) is 0 Å². The number of hydrogen-bond donors (Lipinski definition) is 0. The molecule has 1 saturated carbocycles. The zero-order valence-corrected chi connectivity index (χ0v) is 12.4. The molecule has 0 amide bonds. The fraction of sp³-hybridized carbons (Fsp3) is 0.294. The van der Waals surface area contributed by atoms with Crippen LogP contribution in [0.2, 0.25) is 0 Å². The lowest BCUT2D eigenvalue weighted by atomic mass is 10.1. The van der Waals surface area contributed by atoms with Crippen LogP contribution in [0, 0.1) is 5.92 Å². The van der Waals surface area contributed by atoms with Crippen molar-refractivity contribution in [3.05, 3.63) is 42.6 Å². The Bertz CT molecular complexity index is 864. The van der Waals surface area contributed by atoms with Gasteiger partial charge in [-0.15, -0.1) is 0 Å². The second kappa shape index (κ2) is 5.02. The SMILES string of the molecule is Cn1cc(-c2cc3cc(CC(=O)C4CC4)ncc3cn2)cn1. The van der Waals surface area contributed by atoms with Gasteiger partial charge in [-0.2, -0.15) is 5.10 Å². The minimum Gasteiger partial charge on any atom is -0.299 e. The van der Waals surface area contributed by atoms with Crippen molar-refractivity contribution in [2.45, 2.75) is 19.3 Å². The number of ketones is 1. The van der Waals surface area contributed by atoms with E-state index in [2.05, 4.69) is 15.1 Å². The summed E-state index contributed by atoms with van der Waals surface area (Å²) in [5, 5.41) is 6.22. The third-order valence-electron chi connectivity index (χ3n) is 4.05. The summed E-state index contributed by atoms with van der Waals surface area (Å²) in [4.78, 5) is 20.8. The van der Waals surface area contributed by atoms with Crippen molar-refractivity contribution < 1.29 is 4.79 Å². The molecule has 0 atom stereocenters. The van der Waals surface area contributed by atoms with E-state index in [0.717, 1.165) is 40.6 Å². The average Bonchev–Trinajstić information content (AvgIpc) is 3.28. The molecule has 1 aliphatic carbocycles. The molecule has 110 valence electrons. The molecule has 3 aromatic rings. The van der Waals surface area contributed by atoms with E-state index in [1.807, 2.05) is 31.6 Å². The molecule has 5 nitrogen and oxygen atoms in total. The molecule has 1 fully saturated rings. The quantitative estimate of drug-likeness (QED) is 0.741. The molecule has 5 heteroatoms. The van der Waals surface area contributed by atoms with Gasteiger partial charge in [0, 0.05) is 54.6 Å². The standard InChI is InChI=1S/C17H16N4O/c1-21-10-14(9-20-21)16-5-12-4-15(6-17(22)11-2-3-11)18-7-13(12)8-19-16/h4-5,7-11H,2-3,6H2,1H3. The largest absolute Gasteiger partial charge is 0.299 e. The number of aromatic nitrogens is 4. The summed E-state index contributed by atoms with van der Waals surface area (Å²) in [5.74, 6) is 0.592. The highest BCUT2D eigenvalue weighted by Gasteiger charge is 2.29. The van der Waals surface area contributed by atoms with Crippen molar-refractivity contribution in [2.24, 2.45) is 13.0 Å². The molecule has 0 aromatic carbocycles. The zero-order chi connectivity index (χ0) is 15.1. The van der Waals surface area contributed by atoms with Gasteiger partial charge in [0.15, 0.2) is 0 Å².